The summed E-state index contributed by atoms with van der Waals surface area (Å²) < 4.78 is 0. The van der Waals surface area contributed by atoms with Gasteiger partial charge in [-0.05, 0) is 24.3 Å². The van der Waals surface area contributed by atoms with E-state index in [1.807, 2.05) is 0 Å². The molecule has 2 heterocycles. The van der Waals surface area contributed by atoms with Gasteiger partial charge in [-0.2, -0.15) is 5.10 Å². The van der Waals surface area contributed by atoms with Gasteiger partial charge in [-0.15, -0.1) is 5.10 Å². The predicted octanol–water partition coefficient (Wildman–Crippen LogP) is 1.17. The third kappa shape index (κ3) is 2.75. The average Bonchev–Trinajstić information content (AvgIpc) is 2.40. The molecule has 2 aromatic heterocycles. The van der Waals surface area contributed by atoms with Gasteiger partial charge in [-0.25, -0.2) is 0 Å². The maximum atomic E-state index is 11.8. The Morgan fingerprint density at radius 1 is 1.29 bits per heavy atom. The van der Waals surface area contributed by atoms with Crippen molar-refractivity contribution in [2.75, 3.05) is 17.7 Å². The lowest BCUT2D eigenvalue weighted by atomic mass is 10.3. The molecule has 0 spiro atoms. The molecule has 0 atom stereocenters. The zero-order chi connectivity index (χ0) is 12.1. The highest BCUT2D eigenvalue weighted by atomic mass is 16.1. The van der Waals surface area contributed by atoms with Crippen LogP contribution in [0.3, 0.4) is 0 Å². The van der Waals surface area contributed by atoms with E-state index in [0.717, 1.165) is 5.69 Å². The van der Waals surface area contributed by atoms with E-state index in [2.05, 4.69) is 25.8 Å². The van der Waals surface area contributed by atoms with Crippen molar-refractivity contribution in [1.29, 1.82) is 0 Å². The first-order valence-electron chi connectivity index (χ1n) is 5.02. The van der Waals surface area contributed by atoms with Crippen LogP contribution in [0.4, 0.5) is 11.5 Å². The molecule has 0 saturated carbocycles. The van der Waals surface area contributed by atoms with Gasteiger partial charge in [0.25, 0.3) is 5.91 Å². The molecule has 0 aliphatic rings. The van der Waals surface area contributed by atoms with Gasteiger partial charge in [0, 0.05) is 25.1 Å². The predicted molar refractivity (Wildman–Crippen MR) is 63.8 cm³/mol. The summed E-state index contributed by atoms with van der Waals surface area (Å²) in [6, 6.07) is 6.79. The highest BCUT2D eigenvalue weighted by Gasteiger charge is 2.08. The van der Waals surface area contributed by atoms with Crippen LogP contribution in [-0.4, -0.2) is 28.1 Å². The smallest absolute Gasteiger partial charge is 0.275 e. The van der Waals surface area contributed by atoms with Gasteiger partial charge in [0.1, 0.15) is 5.69 Å². The molecule has 86 valence electrons. The van der Waals surface area contributed by atoms with E-state index in [1.54, 1.807) is 37.5 Å². The molecule has 2 aromatic rings. The molecule has 0 unspecified atom stereocenters. The van der Waals surface area contributed by atoms with E-state index in [9.17, 15) is 4.79 Å². The van der Waals surface area contributed by atoms with Crippen LogP contribution in [-0.2, 0) is 0 Å². The monoisotopic (exact) mass is 229 g/mol. The van der Waals surface area contributed by atoms with Gasteiger partial charge < -0.3 is 10.6 Å². The number of carbonyl (C=O) groups excluding carboxylic acids is 1. The van der Waals surface area contributed by atoms with Gasteiger partial charge in [0.05, 0.1) is 0 Å². The number of anilines is 2. The normalized spacial score (nSPS) is 9.71. The molecule has 0 radical (unpaired) electrons. The highest BCUT2D eigenvalue weighted by Crippen LogP contribution is 2.08. The molecular weight excluding hydrogens is 218 g/mol. The van der Waals surface area contributed by atoms with Crippen LogP contribution in [0, 0.1) is 0 Å². The summed E-state index contributed by atoms with van der Waals surface area (Å²) >= 11 is 0. The zero-order valence-corrected chi connectivity index (χ0v) is 9.21. The minimum absolute atomic E-state index is 0.317. The number of nitrogens with one attached hydrogen (secondary N) is 2. The van der Waals surface area contributed by atoms with Crippen LogP contribution in [0.2, 0.25) is 0 Å². The van der Waals surface area contributed by atoms with Gasteiger partial charge in [0.2, 0.25) is 0 Å². The summed E-state index contributed by atoms with van der Waals surface area (Å²) in [6.45, 7) is 0. The van der Waals surface area contributed by atoms with Crippen molar-refractivity contribution < 1.29 is 4.79 Å². The fraction of sp³-hybridized carbons (Fsp3) is 0.0909. The summed E-state index contributed by atoms with van der Waals surface area (Å²) in [6.07, 6.45) is 3.10. The Morgan fingerprint density at radius 2 is 2.18 bits per heavy atom. The lowest BCUT2D eigenvalue weighted by Gasteiger charge is -2.04. The van der Waals surface area contributed by atoms with E-state index in [1.165, 1.54) is 6.20 Å². The Labute approximate surface area is 98.1 Å². The molecule has 0 saturated heterocycles. The van der Waals surface area contributed by atoms with E-state index < -0.39 is 0 Å². The maximum absolute atomic E-state index is 11.8. The number of aromatic nitrogens is 3. The Kier molecular flexibility index (Phi) is 3.25. The second kappa shape index (κ2) is 5.02. The first-order chi connectivity index (χ1) is 8.29. The van der Waals surface area contributed by atoms with Gasteiger partial charge in [-0.3, -0.25) is 9.78 Å². The molecule has 0 aromatic carbocycles. The second-order valence-electron chi connectivity index (χ2n) is 3.24. The fourth-order valence-corrected chi connectivity index (χ4v) is 1.26. The quantitative estimate of drug-likeness (QED) is 0.825. The van der Waals surface area contributed by atoms with Crippen molar-refractivity contribution in [3.8, 4) is 0 Å². The molecule has 0 fully saturated rings. The lowest BCUT2D eigenvalue weighted by molar-refractivity contribution is 0.102. The van der Waals surface area contributed by atoms with Crippen LogP contribution in [0.15, 0.2) is 36.7 Å². The minimum Gasteiger partial charge on any atom is -0.388 e. The fourth-order valence-electron chi connectivity index (χ4n) is 1.26. The van der Waals surface area contributed by atoms with Crippen LogP contribution in [0.5, 0.6) is 0 Å². The maximum Gasteiger partial charge on any atom is 0.275 e. The summed E-state index contributed by atoms with van der Waals surface area (Å²) in [4.78, 5) is 15.8. The number of nitrogens with zero attached hydrogens (tertiary/aromatic N) is 3. The molecule has 17 heavy (non-hydrogen) atoms. The van der Waals surface area contributed by atoms with Crippen molar-refractivity contribution in [3.63, 3.8) is 0 Å². The molecule has 2 rings (SSSR count). The van der Waals surface area contributed by atoms with Gasteiger partial charge in [0.15, 0.2) is 5.82 Å². The number of amides is 1. The molecule has 0 aliphatic carbocycles. The summed E-state index contributed by atoms with van der Waals surface area (Å²) in [5.41, 5.74) is 1.15. The van der Waals surface area contributed by atoms with Crippen molar-refractivity contribution >= 4 is 17.4 Å². The Bertz CT molecular complexity index is 514. The summed E-state index contributed by atoms with van der Waals surface area (Å²) in [5.74, 6) is 0.0803. The van der Waals surface area contributed by atoms with Gasteiger partial charge >= 0.3 is 0 Å². The molecular formula is C11H11N5O. The third-order valence-corrected chi connectivity index (χ3v) is 2.10. The number of hydrogen-bond acceptors (Lipinski definition) is 5. The van der Waals surface area contributed by atoms with E-state index in [-0.39, 0.29) is 5.91 Å². The van der Waals surface area contributed by atoms with Crippen LogP contribution in [0.1, 0.15) is 10.5 Å². The highest BCUT2D eigenvalue weighted by molar-refractivity contribution is 6.02. The molecule has 0 aliphatic heterocycles. The van der Waals surface area contributed by atoms with E-state index >= 15 is 0 Å². The number of hydrogen-bond donors (Lipinski definition) is 2. The Hall–Kier alpha value is -2.50. The molecule has 1 amide bonds. The molecule has 0 bridgehead atoms. The Morgan fingerprint density at radius 3 is 2.88 bits per heavy atom. The topological polar surface area (TPSA) is 79.8 Å². The summed E-state index contributed by atoms with van der Waals surface area (Å²) in [5, 5.41) is 13.0. The molecule has 6 nitrogen and oxygen atoms in total. The first kappa shape index (κ1) is 11.0. The van der Waals surface area contributed by atoms with Gasteiger partial charge in [-0.1, -0.05) is 0 Å². The van der Waals surface area contributed by atoms with Crippen LogP contribution >= 0.6 is 0 Å². The van der Waals surface area contributed by atoms with Crippen molar-refractivity contribution in [2.45, 2.75) is 0 Å². The zero-order valence-electron chi connectivity index (χ0n) is 9.21. The number of carbonyl (C=O) groups is 1. The number of pyridine rings is 1. The third-order valence-electron chi connectivity index (χ3n) is 2.10. The second-order valence-corrected chi connectivity index (χ2v) is 3.24. The van der Waals surface area contributed by atoms with Crippen molar-refractivity contribution in [3.05, 3.63) is 42.4 Å². The molecule has 6 heteroatoms. The van der Waals surface area contributed by atoms with Crippen LogP contribution < -0.4 is 10.6 Å². The van der Waals surface area contributed by atoms with Crippen LogP contribution in [0.25, 0.3) is 0 Å². The summed E-state index contributed by atoms with van der Waals surface area (Å²) in [7, 11) is 1.78. The minimum atomic E-state index is -0.317. The SMILES string of the molecule is CNc1ccnc(C(=O)Nc2cccnn2)c1. The largest absolute Gasteiger partial charge is 0.388 e. The Balaban J connectivity index is 2.14. The first-order valence-corrected chi connectivity index (χ1v) is 5.02. The van der Waals surface area contributed by atoms with E-state index in [4.69, 9.17) is 0 Å². The van der Waals surface area contributed by atoms with E-state index in [0.29, 0.717) is 11.5 Å². The average molecular weight is 229 g/mol. The number of rotatable bonds is 3. The molecule has 2 N–H and O–H groups in total. The standard InChI is InChI=1S/C11H11N5O/c1-12-8-4-6-13-9(7-8)11(17)15-10-3-2-5-14-16-10/h2-7H,1H3,(H,12,13)(H,15,16,17). The van der Waals surface area contributed by atoms with Crippen molar-refractivity contribution in [1.82, 2.24) is 15.2 Å². The van der Waals surface area contributed by atoms with Crippen molar-refractivity contribution in [2.24, 2.45) is 0 Å². The lowest BCUT2D eigenvalue weighted by Crippen LogP contribution is -2.14.